The molecule has 0 aliphatic carbocycles. The molecule has 0 bridgehead atoms. The molecule has 0 radical (unpaired) electrons. The van der Waals surface area contributed by atoms with Gasteiger partial charge in [0.05, 0.1) is 16.6 Å². The van der Waals surface area contributed by atoms with E-state index in [0.717, 1.165) is 17.7 Å². The first-order chi connectivity index (χ1) is 11.8. The molecule has 25 heavy (non-hydrogen) atoms. The van der Waals surface area contributed by atoms with Gasteiger partial charge in [0.25, 0.3) is 0 Å². The van der Waals surface area contributed by atoms with Crippen LogP contribution in [0.3, 0.4) is 0 Å². The molecular formula is C18H17ClF3N3. The average molecular weight is 368 g/mol. The molecule has 0 aliphatic rings. The predicted molar refractivity (Wildman–Crippen MR) is 93.9 cm³/mol. The third kappa shape index (κ3) is 3.74. The lowest BCUT2D eigenvalue weighted by Gasteiger charge is -2.14. The van der Waals surface area contributed by atoms with E-state index in [2.05, 4.69) is 10.3 Å². The number of hydrogen-bond acceptors (Lipinski definition) is 2. The summed E-state index contributed by atoms with van der Waals surface area (Å²) in [6.45, 7) is 4.43. The van der Waals surface area contributed by atoms with Gasteiger partial charge in [-0.2, -0.15) is 13.2 Å². The zero-order valence-corrected chi connectivity index (χ0v) is 14.5. The highest BCUT2D eigenvalue weighted by Gasteiger charge is 2.31. The van der Waals surface area contributed by atoms with Crippen LogP contribution in [0.15, 0.2) is 42.5 Å². The molecule has 132 valence electrons. The fraction of sp³-hybridized carbons (Fsp3) is 0.278. The Hall–Kier alpha value is -2.21. The zero-order valence-electron chi connectivity index (χ0n) is 13.7. The summed E-state index contributed by atoms with van der Waals surface area (Å²) in [4.78, 5) is 4.37. The lowest BCUT2D eigenvalue weighted by Crippen LogP contribution is -2.09. The smallest absolute Gasteiger partial charge is 0.352 e. The Labute approximate surface area is 148 Å². The number of fused-ring (bicyclic) bond motifs is 1. The van der Waals surface area contributed by atoms with Crippen molar-refractivity contribution < 1.29 is 13.2 Å². The Morgan fingerprint density at radius 3 is 2.40 bits per heavy atom. The van der Waals surface area contributed by atoms with Crippen LogP contribution in [0.25, 0.3) is 11.0 Å². The van der Waals surface area contributed by atoms with Gasteiger partial charge in [-0.1, -0.05) is 23.7 Å². The van der Waals surface area contributed by atoms with Crippen LogP contribution in [0, 0.1) is 0 Å². The van der Waals surface area contributed by atoms with E-state index < -0.39 is 11.7 Å². The number of alkyl halides is 3. The van der Waals surface area contributed by atoms with Crippen molar-refractivity contribution in [1.29, 1.82) is 0 Å². The van der Waals surface area contributed by atoms with Gasteiger partial charge in [0.15, 0.2) is 0 Å². The fourth-order valence-corrected chi connectivity index (χ4v) is 2.83. The summed E-state index contributed by atoms with van der Waals surface area (Å²) in [6.07, 6.45) is -4.38. The highest BCUT2D eigenvalue weighted by molar-refractivity contribution is 6.30. The zero-order chi connectivity index (χ0) is 18.2. The van der Waals surface area contributed by atoms with Crippen LogP contribution in [0.4, 0.5) is 19.1 Å². The lowest BCUT2D eigenvalue weighted by atomic mass is 10.2. The van der Waals surface area contributed by atoms with Crippen molar-refractivity contribution in [2.24, 2.45) is 0 Å². The first-order valence-corrected chi connectivity index (χ1v) is 8.21. The highest BCUT2D eigenvalue weighted by atomic mass is 35.5. The second-order valence-electron chi connectivity index (χ2n) is 6.08. The maximum Gasteiger partial charge on any atom is 0.416 e. The molecule has 1 aromatic heterocycles. The number of nitrogens with zero attached hydrogens (tertiary/aromatic N) is 2. The van der Waals surface area contributed by atoms with Gasteiger partial charge in [0.1, 0.15) is 0 Å². The number of halogens is 4. The second-order valence-corrected chi connectivity index (χ2v) is 6.52. The fourth-order valence-electron chi connectivity index (χ4n) is 2.71. The van der Waals surface area contributed by atoms with E-state index in [0.29, 0.717) is 28.5 Å². The Morgan fingerprint density at radius 1 is 1.12 bits per heavy atom. The minimum absolute atomic E-state index is 0.0504. The van der Waals surface area contributed by atoms with E-state index in [9.17, 15) is 13.2 Å². The van der Waals surface area contributed by atoms with Gasteiger partial charge in [-0.3, -0.25) is 0 Å². The molecular weight excluding hydrogens is 351 g/mol. The number of imidazole rings is 1. The molecule has 0 unspecified atom stereocenters. The molecule has 0 saturated carbocycles. The van der Waals surface area contributed by atoms with Gasteiger partial charge in [-0.15, -0.1) is 0 Å². The topological polar surface area (TPSA) is 29.9 Å². The van der Waals surface area contributed by atoms with Gasteiger partial charge >= 0.3 is 6.18 Å². The van der Waals surface area contributed by atoms with Crippen molar-refractivity contribution in [3.05, 3.63) is 58.6 Å². The third-order valence-corrected chi connectivity index (χ3v) is 4.15. The predicted octanol–water partition coefficient (Wildman–Crippen LogP) is 5.90. The minimum atomic E-state index is -4.38. The summed E-state index contributed by atoms with van der Waals surface area (Å²) in [7, 11) is 0. The van der Waals surface area contributed by atoms with Gasteiger partial charge in [0.2, 0.25) is 5.95 Å². The molecule has 0 atom stereocenters. The van der Waals surface area contributed by atoms with Crippen molar-refractivity contribution in [2.75, 3.05) is 5.32 Å². The van der Waals surface area contributed by atoms with Gasteiger partial charge < -0.3 is 9.88 Å². The van der Waals surface area contributed by atoms with Crippen molar-refractivity contribution >= 4 is 28.6 Å². The van der Waals surface area contributed by atoms with Crippen molar-refractivity contribution in [1.82, 2.24) is 9.55 Å². The standard InChI is InChI=1S/C18H17ClF3N3/c1-11(2)25-16-8-5-13(18(20,21)22)9-15(16)24-17(25)23-10-12-3-6-14(19)7-4-12/h3-9,11H,10H2,1-2H3,(H,23,24). The van der Waals surface area contributed by atoms with Gasteiger partial charge in [-0.25, -0.2) is 4.98 Å². The van der Waals surface area contributed by atoms with Crippen LogP contribution in [0.1, 0.15) is 31.0 Å². The monoisotopic (exact) mass is 367 g/mol. The largest absolute Gasteiger partial charge is 0.416 e. The first-order valence-electron chi connectivity index (χ1n) is 7.83. The number of anilines is 1. The summed E-state index contributed by atoms with van der Waals surface area (Å²) in [5.74, 6) is 0.541. The lowest BCUT2D eigenvalue weighted by molar-refractivity contribution is -0.137. The number of rotatable bonds is 4. The average Bonchev–Trinajstić information content (AvgIpc) is 2.91. The van der Waals surface area contributed by atoms with Crippen LogP contribution in [0.2, 0.25) is 5.02 Å². The Morgan fingerprint density at radius 2 is 1.80 bits per heavy atom. The maximum absolute atomic E-state index is 12.9. The van der Waals surface area contributed by atoms with Crippen molar-refractivity contribution in [2.45, 2.75) is 32.6 Å². The highest BCUT2D eigenvalue weighted by Crippen LogP contribution is 2.33. The molecule has 0 aliphatic heterocycles. The normalized spacial score (nSPS) is 12.1. The van der Waals surface area contributed by atoms with E-state index in [1.807, 2.05) is 30.5 Å². The quantitative estimate of drug-likeness (QED) is 0.622. The number of nitrogens with one attached hydrogen (secondary N) is 1. The molecule has 3 aromatic rings. The van der Waals surface area contributed by atoms with E-state index in [1.165, 1.54) is 6.07 Å². The van der Waals surface area contributed by atoms with E-state index in [-0.39, 0.29) is 6.04 Å². The van der Waals surface area contributed by atoms with Crippen LogP contribution in [-0.2, 0) is 12.7 Å². The molecule has 0 saturated heterocycles. The number of hydrogen-bond donors (Lipinski definition) is 1. The number of benzene rings is 2. The summed E-state index contributed by atoms with van der Waals surface area (Å²) in [6, 6.07) is 11.1. The van der Waals surface area contributed by atoms with Crippen LogP contribution < -0.4 is 5.32 Å². The molecule has 1 N–H and O–H groups in total. The maximum atomic E-state index is 12.9. The molecule has 0 fully saturated rings. The Balaban J connectivity index is 1.95. The SMILES string of the molecule is CC(C)n1c(NCc2ccc(Cl)cc2)nc2cc(C(F)(F)F)ccc21. The number of aromatic nitrogens is 2. The van der Waals surface area contributed by atoms with Crippen LogP contribution >= 0.6 is 11.6 Å². The van der Waals surface area contributed by atoms with E-state index in [1.54, 1.807) is 12.1 Å². The summed E-state index contributed by atoms with van der Waals surface area (Å²) in [5.41, 5.74) is 1.30. The van der Waals surface area contributed by atoms with Crippen molar-refractivity contribution in [3.8, 4) is 0 Å². The van der Waals surface area contributed by atoms with Gasteiger partial charge in [0, 0.05) is 17.6 Å². The second kappa shape index (κ2) is 6.59. The summed E-state index contributed by atoms with van der Waals surface area (Å²) in [5, 5.41) is 3.86. The summed E-state index contributed by atoms with van der Waals surface area (Å²) >= 11 is 5.87. The van der Waals surface area contributed by atoms with Crippen molar-refractivity contribution in [3.63, 3.8) is 0 Å². The minimum Gasteiger partial charge on any atom is -0.352 e. The molecule has 3 nitrogen and oxygen atoms in total. The van der Waals surface area contributed by atoms with Gasteiger partial charge in [-0.05, 0) is 49.7 Å². The van der Waals surface area contributed by atoms with E-state index >= 15 is 0 Å². The molecule has 3 rings (SSSR count). The Kier molecular flexibility index (Phi) is 4.64. The molecule has 0 spiro atoms. The molecule has 0 amide bonds. The third-order valence-electron chi connectivity index (χ3n) is 3.90. The molecule has 2 aromatic carbocycles. The molecule has 7 heteroatoms. The first kappa shape index (κ1) is 17.6. The molecule has 1 heterocycles. The van der Waals surface area contributed by atoms with E-state index in [4.69, 9.17) is 11.6 Å². The Bertz CT molecular complexity index is 883. The summed E-state index contributed by atoms with van der Waals surface area (Å²) < 4.78 is 40.7. The van der Waals surface area contributed by atoms with Crippen LogP contribution in [0.5, 0.6) is 0 Å². The van der Waals surface area contributed by atoms with Crippen LogP contribution in [-0.4, -0.2) is 9.55 Å².